The number of H-pyrrole nitrogens is 1. The molecule has 6 heteroatoms. The van der Waals surface area contributed by atoms with E-state index < -0.39 is 0 Å². The van der Waals surface area contributed by atoms with Gasteiger partial charge < -0.3 is 14.3 Å². The first-order valence-corrected chi connectivity index (χ1v) is 11.2. The van der Waals surface area contributed by atoms with Crippen molar-refractivity contribution < 1.29 is 9.13 Å². The minimum absolute atomic E-state index is 0.251. The van der Waals surface area contributed by atoms with Crippen molar-refractivity contribution in [2.24, 2.45) is 0 Å². The highest BCUT2D eigenvalue weighted by molar-refractivity contribution is 9.10. The highest BCUT2D eigenvalue weighted by atomic mass is 79.9. The Bertz CT molecular complexity index is 1470. The Labute approximate surface area is 192 Å². The van der Waals surface area contributed by atoms with Crippen molar-refractivity contribution in [3.05, 3.63) is 82.6 Å². The molecular weight excluding hydrogens is 469 g/mol. The molecule has 0 unspecified atom stereocenters. The van der Waals surface area contributed by atoms with Crippen LogP contribution in [0.5, 0.6) is 5.75 Å². The van der Waals surface area contributed by atoms with Gasteiger partial charge in [0.25, 0.3) is 0 Å². The van der Waals surface area contributed by atoms with Crippen LogP contribution in [-0.4, -0.2) is 21.6 Å². The van der Waals surface area contributed by atoms with Crippen LogP contribution in [0.3, 0.4) is 0 Å². The molecule has 0 aliphatic carbocycles. The number of methoxy groups -OCH3 is 1. The van der Waals surface area contributed by atoms with E-state index in [4.69, 9.17) is 9.72 Å². The third-order valence-electron chi connectivity index (χ3n) is 6.12. The van der Waals surface area contributed by atoms with Crippen molar-refractivity contribution in [2.45, 2.75) is 13.0 Å². The second-order valence-electron chi connectivity index (χ2n) is 7.94. The number of nitrogens with zero attached hydrogens (tertiary/aromatic N) is 2. The molecule has 1 aliphatic rings. The van der Waals surface area contributed by atoms with Crippen molar-refractivity contribution in [1.82, 2.24) is 14.5 Å². The molecule has 0 fully saturated rings. The largest absolute Gasteiger partial charge is 0.497 e. The molecule has 3 heterocycles. The third kappa shape index (κ3) is 2.98. The molecule has 1 aliphatic heterocycles. The number of ether oxygens (including phenoxy) is 1. The molecule has 1 N–H and O–H groups in total. The van der Waals surface area contributed by atoms with Crippen molar-refractivity contribution in [2.75, 3.05) is 7.11 Å². The molecule has 0 atom stereocenters. The molecule has 0 spiro atoms. The van der Waals surface area contributed by atoms with Gasteiger partial charge in [0, 0.05) is 33.0 Å². The Morgan fingerprint density at radius 2 is 1.75 bits per heavy atom. The summed E-state index contributed by atoms with van der Waals surface area (Å²) in [5.41, 5.74) is 7.34. The first-order valence-electron chi connectivity index (χ1n) is 10.4. The highest BCUT2D eigenvalue weighted by Gasteiger charge is 2.28. The molecule has 0 radical (unpaired) electrons. The van der Waals surface area contributed by atoms with E-state index in [-0.39, 0.29) is 5.82 Å². The van der Waals surface area contributed by atoms with Crippen LogP contribution in [0.4, 0.5) is 4.39 Å². The van der Waals surface area contributed by atoms with Gasteiger partial charge in [0.2, 0.25) is 0 Å². The van der Waals surface area contributed by atoms with Crippen molar-refractivity contribution >= 4 is 26.8 Å². The SMILES string of the molecule is COc1ccc2[nH]c3c(c2c1)CCn1c(-c2ccc(F)cc2)nc(-c2ccc(Br)cc2)c1-3. The topological polar surface area (TPSA) is 42.8 Å². The fraction of sp³-hybridized carbons (Fsp3) is 0.115. The number of hydrogen-bond donors (Lipinski definition) is 1. The Hall–Kier alpha value is -3.38. The number of fused-ring (bicyclic) bond motifs is 5. The first kappa shape index (κ1) is 19.3. The van der Waals surface area contributed by atoms with E-state index >= 15 is 0 Å². The summed E-state index contributed by atoms with van der Waals surface area (Å²) >= 11 is 3.53. The molecule has 32 heavy (non-hydrogen) atoms. The lowest BCUT2D eigenvalue weighted by atomic mass is 9.99. The Kier molecular flexibility index (Phi) is 4.43. The second kappa shape index (κ2) is 7.35. The summed E-state index contributed by atoms with van der Waals surface area (Å²) in [5, 5.41) is 1.18. The number of hydrogen-bond acceptors (Lipinski definition) is 2. The van der Waals surface area contributed by atoms with Crippen LogP contribution in [0.15, 0.2) is 71.2 Å². The number of nitrogens with one attached hydrogen (secondary N) is 1. The predicted octanol–water partition coefficient (Wildman–Crippen LogP) is 6.83. The molecule has 4 nitrogen and oxygen atoms in total. The van der Waals surface area contributed by atoms with Crippen LogP contribution in [0, 0.1) is 5.82 Å². The van der Waals surface area contributed by atoms with Crippen LogP contribution in [0.25, 0.3) is 44.9 Å². The van der Waals surface area contributed by atoms with E-state index in [2.05, 4.69) is 49.7 Å². The number of imidazole rings is 1. The number of rotatable bonds is 3. The van der Waals surface area contributed by atoms with E-state index in [1.54, 1.807) is 19.2 Å². The third-order valence-corrected chi connectivity index (χ3v) is 6.65. The Balaban J connectivity index is 1.63. The average molecular weight is 488 g/mol. The van der Waals surface area contributed by atoms with Crippen LogP contribution >= 0.6 is 15.9 Å². The van der Waals surface area contributed by atoms with Crippen LogP contribution in [0.1, 0.15) is 5.56 Å². The number of halogens is 2. The molecule has 0 saturated carbocycles. The van der Waals surface area contributed by atoms with Gasteiger partial charge in [0.15, 0.2) is 0 Å². The maximum atomic E-state index is 13.6. The van der Waals surface area contributed by atoms with E-state index in [1.807, 2.05) is 18.2 Å². The van der Waals surface area contributed by atoms with Gasteiger partial charge in [-0.3, -0.25) is 0 Å². The Morgan fingerprint density at radius 1 is 1.00 bits per heavy atom. The Morgan fingerprint density at radius 3 is 2.50 bits per heavy atom. The van der Waals surface area contributed by atoms with E-state index in [0.29, 0.717) is 0 Å². The summed E-state index contributed by atoms with van der Waals surface area (Å²) in [7, 11) is 1.69. The number of aromatic amines is 1. The quantitative estimate of drug-likeness (QED) is 0.303. The molecule has 0 amide bonds. The van der Waals surface area contributed by atoms with Gasteiger partial charge in [0.1, 0.15) is 17.4 Å². The van der Waals surface area contributed by atoms with Gasteiger partial charge >= 0.3 is 0 Å². The monoisotopic (exact) mass is 487 g/mol. The van der Waals surface area contributed by atoms with Gasteiger partial charge in [0.05, 0.1) is 24.2 Å². The van der Waals surface area contributed by atoms with Crippen LogP contribution in [-0.2, 0) is 13.0 Å². The van der Waals surface area contributed by atoms with Gasteiger partial charge in [-0.25, -0.2) is 9.37 Å². The zero-order valence-corrected chi connectivity index (χ0v) is 18.9. The van der Waals surface area contributed by atoms with Gasteiger partial charge in [-0.15, -0.1) is 0 Å². The summed E-state index contributed by atoms with van der Waals surface area (Å²) in [5.74, 6) is 1.44. The fourth-order valence-corrected chi connectivity index (χ4v) is 4.86. The smallest absolute Gasteiger partial charge is 0.141 e. The number of aryl methyl sites for hydroxylation is 1. The molecule has 5 aromatic rings. The molecule has 3 aromatic carbocycles. The number of benzene rings is 3. The van der Waals surface area contributed by atoms with E-state index in [0.717, 1.165) is 62.7 Å². The molecule has 6 rings (SSSR count). The highest BCUT2D eigenvalue weighted by Crippen LogP contribution is 2.43. The maximum Gasteiger partial charge on any atom is 0.141 e. The lowest BCUT2D eigenvalue weighted by molar-refractivity contribution is 0.415. The van der Waals surface area contributed by atoms with Gasteiger partial charge in [-0.1, -0.05) is 28.1 Å². The maximum absolute atomic E-state index is 13.6. The second-order valence-corrected chi connectivity index (χ2v) is 8.85. The molecule has 158 valence electrons. The summed E-state index contributed by atoms with van der Waals surface area (Å²) in [4.78, 5) is 8.71. The zero-order valence-electron chi connectivity index (χ0n) is 17.3. The summed E-state index contributed by atoms with van der Waals surface area (Å²) in [6.07, 6.45) is 0.875. The number of aromatic nitrogens is 3. The van der Waals surface area contributed by atoms with Crippen molar-refractivity contribution in [3.63, 3.8) is 0 Å². The van der Waals surface area contributed by atoms with Crippen molar-refractivity contribution in [1.29, 1.82) is 0 Å². The molecule has 0 bridgehead atoms. The first-order chi connectivity index (χ1) is 15.6. The normalized spacial score (nSPS) is 12.6. The predicted molar refractivity (Wildman–Crippen MR) is 128 cm³/mol. The molecular formula is C26H19BrFN3O. The molecule has 0 saturated heterocycles. The average Bonchev–Trinajstić information content (AvgIpc) is 3.38. The van der Waals surface area contributed by atoms with E-state index in [9.17, 15) is 4.39 Å². The molecule has 2 aromatic heterocycles. The lowest BCUT2D eigenvalue weighted by Gasteiger charge is -2.19. The van der Waals surface area contributed by atoms with E-state index in [1.165, 1.54) is 23.1 Å². The summed E-state index contributed by atoms with van der Waals surface area (Å²) in [6.45, 7) is 0.794. The lowest BCUT2D eigenvalue weighted by Crippen LogP contribution is -2.11. The van der Waals surface area contributed by atoms with Gasteiger partial charge in [-0.2, -0.15) is 0 Å². The van der Waals surface area contributed by atoms with Crippen LogP contribution in [0.2, 0.25) is 0 Å². The van der Waals surface area contributed by atoms with Crippen molar-refractivity contribution in [3.8, 4) is 39.8 Å². The minimum Gasteiger partial charge on any atom is -0.497 e. The standard InChI is InChI=1S/C26H19BrFN3O/c1-32-19-10-11-22-21(14-19)20-12-13-31-25(24(20)29-22)23(15-2-6-17(27)7-3-15)30-26(31)16-4-8-18(28)9-5-16/h2-11,14,29H,12-13H2,1H3. The van der Waals surface area contributed by atoms with Gasteiger partial charge in [-0.05, 0) is 66.6 Å². The summed E-state index contributed by atoms with van der Waals surface area (Å²) in [6, 6.07) is 20.9. The minimum atomic E-state index is -0.251. The van der Waals surface area contributed by atoms with Crippen LogP contribution < -0.4 is 4.74 Å². The zero-order chi connectivity index (χ0) is 21.8. The summed E-state index contributed by atoms with van der Waals surface area (Å²) < 4.78 is 22.3. The fourth-order valence-electron chi connectivity index (χ4n) is 4.59.